The van der Waals surface area contributed by atoms with Gasteiger partial charge in [0.05, 0.1) is 0 Å². The number of anilines is 1. The van der Waals surface area contributed by atoms with Crippen molar-refractivity contribution in [2.75, 3.05) is 5.32 Å². The number of hydrogen-bond donors (Lipinski definition) is 2. The summed E-state index contributed by atoms with van der Waals surface area (Å²) in [6.45, 7) is 1.98. The molecule has 0 saturated carbocycles. The lowest BCUT2D eigenvalue weighted by molar-refractivity contribution is -0.116. The van der Waals surface area contributed by atoms with Gasteiger partial charge in [0.15, 0.2) is 0 Å². The molecule has 1 unspecified atom stereocenters. The average molecular weight is 318 g/mol. The minimum atomic E-state index is -0.0474. The first-order chi connectivity index (χ1) is 7.11. The maximum atomic E-state index is 11.5. The van der Waals surface area contributed by atoms with Gasteiger partial charge >= 0.3 is 0 Å². The van der Waals surface area contributed by atoms with Crippen molar-refractivity contribution in [3.8, 4) is 0 Å². The Kier molecular flexibility index (Phi) is 5.04. The molecule has 4 heteroatoms. The number of hydrogen-bond acceptors (Lipinski definition) is 2. The fraction of sp³-hybridized carbons (Fsp3) is 0.364. The molecule has 15 heavy (non-hydrogen) atoms. The van der Waals surface area contributed by atoms with Crippen LogP contribution in [0.2, 0.25) is 0 Å². The summed E-state index contributed by atoms with van der Waals surface area (Å²) in [6.07, 6.45) is 1.20. The van der Waals surface area contributed by atoms with E-state index in [0.29, 0.717) is 6.42 Å². The molecule has 0 fully saturated rings. The largest absolute Gasteiger partial charge is 0.327 e. The van der Waals surface area contributed by atoms with Gasteiger partial charge in [0, 0.05) is 21.7 Å². The highest BCUT2D eigenvalue weighted by Gasteiger charge is 2.07. The van der Waals surface area contributed by atoms with Crippen LogP contribution >= 0.6 is 22.6 Å². The maximum absolute atomic E-state index is 11.5. The zero-order chi connectivity index (χ0) is 11.3. The van der Waals surface area contributed by atoms with Crippen molar-refractivity contribution in [2.45, 2.75) is 25.8 Å². The fourth-order valence-electron chi connectivity index (χ4n) is 1.13. The quantitative estimate of drug-likeness (QED) is 0.838. The Morgan fingerprint density at radius 3 is 2.60 bits per heavy atom. The van der Waals surface area contributed by atoms with E-state index in [9.17, 15) is 4.79 Å². The first-order valence-corrected chi connectivity index (χ1v) is 6.00. The molecule has 0 heterocycles. The summed E-state index contributed by atoms with van der Waals surface area (Å²) < 4.78 is 1.15. The Labute approximate surface area is 104 Å². The van der Waals surface area contributed by atoms with Gasteiger partial charge in [-0.3, -0.25) is 4.79 Å². The van der Waals surface area contributed by atoms with Crippen molar-refractivity contribution >= 4 is 34.2 Å². The SMILES string of the molecule is CCC(N)CC(=O)Nc1ccc(I)cc1. The van der Waals surface area contributed by atoms with Crippen molar-refractivity contribution in [1.82, 2.24) is 0 Å². The summed E-state index contributed by atoms with van der Waals surface area (Å²) in [6, 6.07) is 7.63. The Morgan fingerprint density at radius 1 is 1.47 bits per heavy atom. The van der Waals surface area contributed by atoms with E-state index in [2.05, 4.69) is 27.9 Å². The number of amides is 1. The Balaban J connectivity index is 2.48. The van der Waals surface area contributed by atoms with Crippen molar-refractivity contribution in [2.24, 2.45) is 5.73 Å². The van der Waals surface area contributed by atoms with Gasteiger partial charge < -0.3 is 11.1 Å². The first kappa shape index (κ1) is 12.4. The Hall–Kier alpha value is -0.620. The highest BCUT2D eigenvalue weighted by atomic mass is 127. The second kappa shape index (κ2) is 6.07. The smallest absolute Gasteiger partial charge is 0.225 e. The van der Waals surface area contributed by atoms with Crippen LogP contribution in [0, 0.1) is 3.57 Å². The van der Waals surface area contributed by atoms with Gasteiger partial charge in [0.2, 0.25) is 5.91 Å². The third kappa shape index (κ3) is 4.61. The molecule has 0 spiro atoms. The van der Waals surface area contributed by atoms with Crippen molar-refractivity contribution in [3.05, 3.63) is 27.8 Å². The van der Waals surface area contributed by atoms with Crippen molar-refractivity contribution < 1.29 is 4.79 Å². The Bertz CT molecular complexity index is 324. The summed E-state index contributed by atoms with van der Waals surface area (Å²) in [4.78, 5) is 11.5. The van der Waals surface area contributed by atoms with E-state index in [0.717, 1.165) is 15.7 Å². The first-order valence-electron chi connectivity index (χ1n) is 4.92. The lowest BCUT2D eigenvalue weighted by atomic mass is 10.1. The zero-order valence-electron chi connectivity index (χ0n) is 8.66. The second-order valence-corrected chi connectivity index (χ2v) is 4.67. The predicted molar refractivity (Wildman–Crippen MR) is 70.7 cm³/mol. The predicted octanol–water partition coefficient (Wildman–Crippen LogP) is 2.36. The molecule has 0 radical (unpaired) electrons. The van der Waals surface area contributed by atoms with Gasteiger partial charge in [-0.25, -0.2) is 0 Å². The van der Waals surface area contributed by atoms with E-state index >= 15 is 0 Å². The lowest BCUT2D eigenvalue weighted by Crippen LogP contribution is -2.26. The molecule has 1 amide bonds. The highest BCUT2D eigenvalue weighted by molar-refractivity contribution is 14.1. The molecule has 0 aromatic heterocycles. The van der Waals surface area contributed by atoms with Gasteiger partial charge in [-0.2, -0.15) is 0 Å². The minimum Gasteiger partial charge on any atom is -0.327 e. The molecular weight excluding hydrogens is 303 g/mol. The summed E-state index contributed by atoms with van der Waals surface area (Å²) in [5.41, 5.74) is 6.51. The number of rotatable bonds is 4. The maximum Gasteiger partial charge on any atom is 0.225 e. The van der Waals surface area contributed by atoms with Gasteiger partial charge in [-0.1, -0.05) is 6.92 Å². The summed E-state index contributed by atoms with van der Waals surface area (Å²) >= 11 is 2.22. The van der Waals surface area contributed by atoms with Crippen molar-refractivity contribution in [3.63, 3.8) is 0 Å². The third-order valence-corrected chi connectivity index (χ3v) is 2.82. The van der Waals surface area contributed by atoms with Crippen LogP contribution < -0.4 is 11.1 Å². The van der Waals surface area contributed by atoms with Gasteiger partial charge in [-0.15, -0.1) is 0 Å². The van der Waals surface area contributed by atoms with Crippen LogP contribution in [-0.4, -0.2) is 11.9 Å². The molecule has 1 rings (SSSR count). The summed E-state index contributed by atoms with van der Waals surface area (Å²) in [7, 11) is 0. The number of benzene rings is 1. The van der Waals surface area contributed by atoms with E-state index < -0.39 is 0 Å². The second-order valence-electron chi connectivity index (χ2n) is 3.43. The van der Waals surface area contributed by atoms with Crippen LogP contribution in [0.5, 0.6) is 0 Å². The van der Waals surface area contributed by atoms with E-state index in [1.807, 2.05) is 31.2 Å². The third-order valence-electron chi connectivity index (χ3n) is 2.10. The highest BCUT2D eigenvalue weighted by Crippen LogP contribution is 2.11. The van der Waals surface area contributed by atoms with Crippen LogP contribution in [0.1, 0.15) is 19.8 Å². The molecule has 82 valence electrons. The number of nitrogens with one attached hydrogen (secondary N) is 1. The molecule has 1 atom stereocenters. The lowest BCUT2D eigenvalue weighted by Gasteiger charge is -2.09. The van der Waals surface area contributed by atoms with Gasteiger partial charge in [0.25, 0.3) is 0 Å². The van der Waals surface area contributed by atoms with E-state index in [1.54, 1.807) is 0 Å². The van der Waals surface area contributed by atoms with Crippen molar-refractivity contribution in [1.29, 1.82) is 0 Å². The Morgan fingerprint density at radius 2 is 2.07 bits per heavy atom. The number of nitrogens with two attached hydrogens (primary N) is 1. The number of carbonyl (C=O) groups excluding carboxylic acids is 1. The summed E-state index contributed by atoms with van der Waals surface area (Å²) in [5, 5.41) is 2.81. The normalized spacial score (nSPS) is 12.2. The van der Waals surface area contributed by atoms with E-state index in [4.69, 9.17) is 5.73 Å². The van der Waals surface area contributed by atoms with E-state index in [-0.39, 0.29) is 11.9 Å². The molecule has 0 bridgehead atoms. The van der Waals surface area contributed by atoms with Gasteiger partial charge in [0.1, 0.15) is 0 Å². The molecule has 0 saturated heterocycles. The van der Waals surface area contributed by atoms with Gasteiger partial charge in [-0.05, 0) is 53.3 Å². The molecular formula is C11H15IN2O. The van der Waals surface area contributed by atoms with Crippen LogP contribution in [0.4, 0.5) is 5.69 Å². The monoisotopic (exact) mass is 318 g/mol. The summed E-state index contributed by atoms with van der Waals surface area (Å²) in [5.74, 6) is -0.0226. The van der Waals surface area contributed by atoms with E-state index in [1.165, 1.54) is 0 Å². The van der Waals surface area contributed by atoms with Crippen LogP contribution in [-0.2, 0) is 4.79 Å². The molecule has 0 aliphatic heterocycles. The molecule has 0 aliphatic rings. The molecule has 0 aliphatic carbocycles. The molecule has 3 N–H and O–H groups in total. The molecule has 1 aromatic rings. The number of carbonyl (C=O) groups is 1. The molecule has 3 nitrogen and oxygen atoms in total. The van der Waals surface area contributed by atoms with Crippen LogP contribution in [0.15, 0.2) is 24.3 Å². The minimum absolute atomic E-state index is 0.0226. The van der Waals surface area contributed by atoms with Crippen LogP contribution in [0.3, 0.4) is 0 Å². The average Bonchev–Trinajstić information content (AvgIpc) is 2.21. The number of halogens is 1. The molecule has 1 aromatic carbocycles. The standard InChI is InChI=1S/C11H15IN2O/c1-2-9(13)7-11(15)14-10-5-3-8(12)4-6-10/h3-6,9H,2,7,13H2,1H3,(H,14,15). The zero-order valence-corrected chi connectivity index (χ0v) is 10.8. The topological polar surface area (TPSA) is 55.1 Å². The fourth-order valence-corrected chi connectivity index (χ4v) is 1.49. The van der Waals surface area contributed by atoms with Crippen LogP contribution in [0.25, 0.3) is 0 Å².